The number of hydrogen-bond donors (Lipinski definition) is 1. The van der Waals surface area contributed by atoms with E-state index in [0.29, 0.717) is 27.8 Å². The summed E-state index contributed by atoms with van der Waals surface area (Å²) in [7, 11) is -4.01. The molecule has 0 saturated heterocycles. The lowest BCUT2D eigenvalue weighted by Crippen LogP contribution is -2.13. The molecule has 0 fully saturated rings. The number of carbonyl (C=O) groups is 1. The minimum Gasteiger partial charge on any atom is -0.366 e. The molecule has 0 atom stereocenters. The van der Waals surface area contributed by atoms with Crippen LogP contribution >= 0.6 is 23.2 Å². The lowest BCUT2D eigenvalue weighted by molar-refractivity contribution is 0.1000. The fraction of sp³-hybridized carbons (Fsp3) is 0.0714. The van der Waals surface area contributed by atoms with E-state index >= 15 is 0 Å². The first-order chi connectivity index (χ1) is 17.7. The van der Waals surface area contributed by atoms with Gasteiger partial charge in [0.15, 0.2) is 0 Å². The van der Waals surface area contributed by atoms with Gasteiger partial charge in [0.25, 0.3) is 0 Å². The van der Waals surface area contributed by atoms with Crippen LogP contribution in [0.25, 0.3) is 11.0 Å². The van der Waals surface area contributed by atoms with Crippen molar-refractivity contribution in [1.29, 1.82) is 0 Å². The fourth-order valence-corrected chi connectivity index (χ4v) is 6.15. The SMILES string of the molecule is NC(=O)c1cc(S(=O)(=O)c2ccccc2)c2nc(Cc3ccccc3)n(Cc3ccc(Cl)cc3Cl)c2c1. The first-order valence-electron chi connectivity index (χ1n) is 11.3. The van der Waals surface area contributed by atoms with E-state index in [1.165, 1.54) is 18.2 Å². The van der Waals surface area contributed by atoms with Crippen LogP contribution in [-0.2, 0) is 22.8 Å². The Morgan fingerprint density at radius 2 is 1.57 bits per heavy atom. The summed E-state index contributed by atoms with van der Waals surface area (Å²) in [5.74, 6) is -0.133. The van der Waals surface area contributed by atoms with Crippen molar-refractivity contribution in [3.05, 3.63) is 124 Å². The van der Waals surface area contributed by atoms with Gasteiger partial charge in [-0.1, -0.05) is 77.8 Å². The van der Waals surface area contributed by atoms with Crippen LogP contribution in [0, 0.1) is 0 Å². The number of rotatable bonds is 7. The van der Waals surface area contributed by atoms with Crippen molar-refractivity contribution in [3.63, 3.8) is 0 Å². The maximum Gasteiger partial charge on any atom is 0.248 e. The predicted octanol–water partition coefficient (Wildman–Crippen LogP) is 5.91. The Bertz CT molecular complexity index is 1740. The molecule has 1 aromatic heterocycles. The third-order valence-corrected chi connectivity index (χ3v) is 8.44. The van der Waals surface area contributed by atoms with Crippen LogP contribution in [0.5, 0.6) is 0 Å². The molecule has 4 aromatic carbocycles. The van der Waals surface area contributed by atoms with Crippen molar-refractivity contribution in [2.45, 2.75) is 22.8 Å². The monoisotopic (exact) mass is 549 g/mol. The summed E-state index contributed by atoms with van der Waals surface area (Å²) in [5.41, 5.74) is 8.16. The highest BCUT2D eigenvalue weighted by Gasteiger charge is 2.26. The molecule has 0 aliphatic heterocycles. The van der Waals surface area contributed by atoms with E-state index in [1.54, 1.807) is 36.4 Å². The molecule has 37 heavy (non-hydrogen) atoms. The van der Waals surface area contributed by atoms with Crippen LogP contribution in [0.1, 0.15) is 27.3 Å². The van der Waals surface area contributed by atoms with Crippen LogP contribution in [0.15, 0.2) is 101 Å². The van der Waals surface area contributed by atoms with Crippen molar-refractivity contribution in [3.8, 4) is 0 Å². The van der Waals surface area contributed by atoms with Crippen LogP contribution in [0.4, 0.5) is 0 Å². The Kier molecular flexibility index (Phi) is 6.77. The van der Waals surface area contributed by atoms with Crippen molar-refractivity contribution < 1.29 is 13.2 Å². The van der Waals surface area contributed by atoms with Crippen LogP contribution < -0.4 is 5.73 Å². The van der Waals surface area contributed by atoms with E-state index in [9.17, 15) is 13.2 Å². The Morgan fingerprint density at radius 1 is 0.892 bits per heavy atom. The summed E-state index contributed by atoms with van der Waals surface area (Å²) < 4.78 is 29.3. The molecule has 5 rings (SSSR count). The molecule has 186 valence electrons. The van der Waals surface area contributed by atoms with Gasteiger partial charge in [-0.15, -0.1) is 0 Å². The van der Waals surface area contributed by atoms with E-state index in [2.05, 4.69) is 0 Å². The van der Waals surface area contributed by atoms with E-state index in [1.807, 2.05) is 41.0 Å². The summed E-state index contributed by atoms with van der Waals surface area (Å²) >= 11 is 12.6. The zero-order valence-corrected chi connectivity index (χ0v) is 21.8. The molecule has 0 unspecified atom stereocenters. The topological polar surface area (TPSA) is 95.1 Å². The quantitative estimate of drug-likeness (QED) is 0.273. The van der Waals surface area contributed by atoms with E-state index in [0.717, 1.165) is 11.1 Å². The molecule has 0 bridgehead atoms. The number of benzene rings is 4. The largest absolute Gasteiger partial charge is 0.366 e. The maximum atomic E-state index is 13.7. The third kappa shape index (κ3) is 4.98. The number of nitrogens with zero attached hydrogens (tertiary/aromatic N) is 2. The number of primary amides is 1. The predicted molar refractivity (Wildman–Crippen MR) is 145 cm³/mol. The first kappa shape index (κ1) is 25.0. The highest BCUT2D eigenvalue weighted by molar-refractivity contribution is 7.91. The fourth-order valence-electron chi connectivity index (χ4n) is 4.22. The molecule has 2 N–H and O–H groups in total. The molecule has 9 heteroatoms. The van der Waals surface area contributed by atoms with Crippen LogP contribution in [0.3, 0.4) is 0 Å². The van der Waals surface area contributed by atoms with E-state index < -0.39 is 15.7 Å². The Labute approximate surface area is 224 Å². The second-order valence-electron chi connectivity index (χ2n) is 8.54. The molecule has 1 heterocycles. The maximum absolute atomic E-state index is 13.7. The molecular formula is C28H21Cl2N3O3S. The Morgan fingerprint density at radius 3 is 2.22 bits per heavy atom. The van der Waals surface area contributed by atoms with Gasteiger partial charge in [0, 0.05) is 22.0 Å². The number of imidazole rings is 1. The number of halogens is 2. The molecule has 0 aliphatic rings. The number of fused-ring (bicyclic) bond motifs is 1. The molecule has 0 spiro atoms. The molecular weight excluding hydrogens is 529 g/mol. The molecule has 0 aliphatic carbocycles. The van der Waals surface area contributed by atoms with Gasteiger partial charge in [0.2, 0.25) is 15.7 Å². The van der Waals surface area contributed by atoms with Gasteiger partial charge >= 0.3 is 0 Å². The average molecular weight is 550 g/mol. The Balaban J connectivity index is 1.79. The minimum atomic E-state index is -4.01. The van der Waals surface area contributed by atoms with Gasteiger partial charge in [0.05, 0.1) is 17.0 Å². The minimum absolute atomic E-state index is 0.0663. The highest BCUT2D eigenvalue weighted by atomic mass is 35.5. The third-order valence-electron chi connectivity index (χ3n) is 6.07. The zero-order chi connectivity index (χ0) is 26.2. The number of hydrogen-bond acceptors (Lipinski definition) is 4. The number of carbonyl (C=O) groups excluding carboxylic acids is 1. The van der Waals surface area contributed by atoms with Gasteiger partial charge in [-0.2, -0.15) is 0 Å². The Hall–Kier alpha value is -3.65. The first-order valence-corrected chi connectivity index (χ1v) is 13.6. The van der Waals surface area contributed by atoms with Crippen molar-refractivity contribution >= 4 is 50.0 Å². The summed E-state index contributed by atoms with van der Waals surface area (Å²) in [6, 6.07) is 25.8. The smallest absolute Gasteiger partial charge is 0.248 e. The van der Waals surface area contributed by atoms with E-state index in [-0.39, 0.29) is 27.4 Å². The zero-order valence-electron chi connectivity index (χ0n) is 19.4. The normalized spacial score (nSPS) is 11.6. The molecule has 1 amide bonds. The lowest BCUT2D eigenvalue weighted by Gasteiger charge is -2.12. The van der Waals surface area contributed by atoms with Crippen LogP contribution in [-0.4, -0.2) is 23.9 Å². The summed E-state index contributed by atoms with van der Waals surface area (Å²) in [5, 5.41) is 0.962. The summed E-state index contributed by atoms with van der Waals surface area (Å²) in [6.45, 7) is 0.279. The number of amides is 1. The van der Waals surface area contributed by atoms with Gasteiger partial charge in [-0.25, -0.2) is 13.4 Å². The van der Waals surface area contributed by atoms with Gasteiger partial charge < -0.3 is 10.3 Å². The highest BCUT2D eigenvalue weighted by Crippen LogP contribution is 2.32. The van der Waals surface area contributed by atoms with Crippen LogP contribution in [0.2, 0.25) is 10.0 Å². The molecule has 5 aromatic rings. The van der Waals surface area contributed by atoms with Gasteiger partial charge in [-0.05, 0) is 47.5 Å². The van der Waals surface area contributed by atoms with Crippen molar-refractivity contribution in [2.75, 3.05) is 0 Å². The molecule has 0 saturated carbocycles. The molecule has 6 nitrogen and oxygen atoms in total. The van der Waals surface area contributed by atoms with Crippen molar-refractivity contribution in [2.24, 2.45) is 5.73 Å². The summed E-state index contributed by atoms with van der Waals surface area (Å²) in [4.78, 5) is 17.1. The molecule has 0 radical (unpaired) electrons. The lowest BCUT2D eigenvalue weighted by atomic mass is 10.1. The van der Waals surface area contributed by atoms with Gasteiger partial charge in [0.1, 0.15) is 16.2 Å². The van der Waals surface area contributed by atoms with Crippen molar-refractivity contribution in [1.82, 2.24) is 9.55 Å². The van der Waals surface area contributed by atoms with E-state index in [4.69, 9.17) is 33.9 Å². The number of nitrogens with two attached hydrogens (primary N) is 1. The second kappa shape index (κ2) is 10.0. The second-order valence-corrected chi connectivity index (χ2v) is 11.3. The van der Waals surface area contributed by atoms with Gasteiger partial charge in [-0.3, -0.25) is 4.79 Å². The number of aromatic nitrogens is 2. The standard InChI is InChI=1S/C28H21Cl2N3O3S/c29-21-12-11-19(23(30)16-21)17-33-24-14-20(28(31)34)15-25(37(35,36)22-9-5-2-6-10-22)27(24)32-26(33)13-18-7-3-1-4-8-18/h1-12,14-16H,13,17H2,(H2,31,34). The average Bonchev–Trinajstić information content (AvgIpc) is 3.22. The number of sulfone groups is 1. The summed E-state index contributed by atoms with van der Waals surface area (Å²) in [6.07, 6.45) is 0.428.